The van der Waals surface area contributed by atoms with E-state index in [1.165, 1.54) is 9.36 Å². The SMILES string of the molecule is C/C(=N\OCc1ccccc1)c1ccc(OCc2c(C)cccc2-n2nnn(C)c2=O)c(C)c1. The molecule has 0 atom stereocenters. The van der Waals surface area contributed by atoms with Gasteiger partial charge >= 0.3 is 5.69 Å². The highest BCUT2D eigenvalue weighted by Crippen LogP contribution is 2.24. The third-order valence-corrected chi connectivity index (χ3v) is 5.58. The van der Waals surface area contributed by atoms with Crippen molar-refractivity contribution in [1.82, 2.24) is 19.8 Å². The molecule has 174 valence electrons. The Bertz CT molecular complexity index is 1370. The second-order valence-corrected chi connectivity index (χ2v) is 8.07. The Morgan fingerprint density at radius 3 is 2.44 bits per heavy atom. The lowest BCUT2D eigenvalue weighted by Gasteiger charge is -2.15. The van der Waals surface area contributed by atoms with Crippen LogP contribution in [-0.2, 0) is 25.1 Å². The molecule has 0 radical (unpaired) electrons. The van der Waals surface area contributed by atoms with Crippen LogP contribution in [0.5, 0.6) is 5.75 Å². The predicted octanol–water partition coefficient (Wildman–Crippen LogP) is 4.10. The van der Waals surface area contributed by atoms with Gasteiger partial charge in [0.25, 0.3) is 0 Å². The van der Waals surface area contributed by atoms with E-state index in [-0.39, 0.29) is 5.69 Å². The van der Waals surface area contributed by atoms with Crippen molar-refractivity contribution in [3.63, 3.8) is 0 Å². The van der Waals surface area contributed by atoms with Crippen molar-refractivity contribution in [1.29, 1.82) is 0 Å². The van der Waals surface area contributed by atoms with E-state index in [1.807, 2.05) is 87.5 Å². The van der Waals surface area contributed by atoms with E-state index in [0.29, 0.717) is 18.9 Å². The van der Waals surface area contributed by atoms with Crippen LogP contribution < -0.4 is 10.4 Å². The first-order valence-electron chi connectivity index (χ1n) is 11.0. The summed E-state index contributed by atoms with van der Waals surface area (Å²) in [4.78, 5) is 17.9. The number of rotatable bonds is 8. The van der Waals surface area contributed by atoms with Crippen LogP contribution in [0.4, 0.5) is 0 Å². The Balaban J connectivity index is 1.47. The maximum absolute atomic E-state index is 12.4. The summed E-state index contributed by atoms with van der Waals surface area (Å²) in [6.45, 7) is 6.60. The highest BCUT2D eigenvalue weighted by molar-refractivity contribution is 5.98. The number of ether oxygens (including phenoxy) is 1. The number of hydrogen-bond acceptors (Lipinski definition) is 6. The molecule has 8 nitrogen and oxygen atoms in total. The third kappa shape index (κ3) is 5.06. The average molecular weight is 458 g/mol. The first-order chi connectivity index (χ1) is 16.4. The van der Waals surface area contributed by atoms with E-state index in [0.717, 1.165) is 39.3 Å². The lowest BCUT2D eigenvalue weighted by atomic mass is 10.1. The zero-order chi connectivity index (χ0) is 24.1. The quantitative estimate of drug-likeness (QED) is 0.294. The molecule has 1 heterocycles. The molecule has 3 aromatic carbocycles. The van der Waals surface area contributed by atoms with E-state index in [9.17, 15) is 4.79 Å². The Morgan fingerprint density at radius 2 is 1.74 bits per heavy atom. The number of oxime groups is 1. The molecule has 0 aliphatic carbocycles. The van der Waals surface area contributed by atoms with Gasteiger partial charge in [-0.05, 0) is 77.7 Å². The molecule has 0 N–H and O–H groups in total. The molecule has 0 saturated carbocycles. The molecule has 0 saturated heterocycles. The predicted molar refractivity (Wildman–Crippen MR) is 130 cm³/mol. The summed E-state index contributed by atoms with van der Waals surface area (Å²) in [5.41, 5.74) is 6.01. The fourth-order valence-corrected chi connectivity index (χ4v) is 3.55. The first kappa shape index (κ1) is 23.0. The molecule has 4 aromatic rings. The molecule has 1 aromatic heterocycles. The Labute approximate surface area is 198 Å². The van der Waals surface area contributed by atoms with Crippen LogP contribution in [0.3, 0.4) is 0 Å². The second-order valence-electron chi connectivity index (χ2n) is 8.07. The van der Waals surface area contributed by atoms with Gasteiger partial charge in [0, 0.05) is 12.6 Å². The molecular formula is C26H27N5O3. The lowest BCUT2D eigenvalue weighted by molar-refractivity contribution is 0.130. The van der Waals surface area contributed by atoms with Crippen LogP contribution in [0, 0.1) is 13.8 Å². The summed E-state index contributed by atoms with van der Waals surface area (Å²) in [6, 6.07) is 21.5. The van der Waals surface area contributed by atoms with Crippen LogP contribution in [0.1, 0.15) is 34.7 Å². The fraction of sp³-hybridized carbons (Fsp3) is 0.231. The summed E-state index contributed by atoms with van der Waals surface area (Å²) in [5.74, 6) is 0.752. The van der Waals surface area contributed by atoms with Gasteiger partial charge in [0.1, 0.15) is 19.0 Å². The monoisotopic (exact) mass is 457 g/mol. The first-order valence-corrected chi connectivity index (χ1v) is 11.0. The maximum Gasteiger partial charge on any atom is 0.368 e. The van der Waals surface area contributed by atoms with Crippen LogP contribution in [0.25, 0.3) is 5.69 Å². The molecule has 0 amide bonds. The standard InChI is InChI=1S/C26H27N5O3/c1-18-9-8-12-24(31-26(32)30(4)28-29-31)23(18)17-33-25-14-13-22(15-19(25)2)20(3)27-34-16-21-10-6-5-7-11-21/h5-15H,16-17H2,1-4H3/b27-20+. The van der Waals surface area contributed by atoms with E-state index in [4.69, 9.17) is 9.57 Å². The van der Waals surface area contributed by atoms with Crippen molar-refractivity contribution in [3.8, 4) is 11.4 Å². The molecule has 0 aliphatic rings. The summed E-state index contributed by atoms with van der Waals surface area (Å²) >= 11 is 0. The third-order valence-electron chi connectivity index (χ3n) is 5.58. The van der Waals surface area contributed by atoms with Crippen molar-refractivity contribution in [2.45, 2.75) is 34.0 Å². The van der Waals surface area contributed by atoms with Gasteiger partial charge in [-0.1, -0.05) is 47.6 Å². The number of nitrogens with zero attached hydrogens (tertiary/aromatic N) is 5. The van der Waals surface area contributed by atoms with E-state index in [1.54, 1.807) is 7.05 Å². The van der Waals surface area contributed by atoms with E-state index in [2.05, 4.69) is 15.6 Å². The zero-order valence-electron chi connectivity index (χ0n) is 19.7. The highest BCUT2D eigenvalue weighted by Gasteiger charge is 2.14. The fourth-order valence-electron chi connectivity index (χ4n) is 3.55. The maximum atomic E-state index is 12.4. The van der Waals surface area contributed by atoms with Gasteiger partial charge in [0.15, 0.2) is 0 Å². The number of tetrazole rings is 1. The average Bonchev–Trinajstić information content (AvgIpc) is 3.17. The highest BCUT2D eigenvalue weighted by atomic mass is 16.6. The molecule has 0 fully saturated rings. The van der Waals surface area contributed by atoms with Gasteiger partial charge < -0.3 is 9.57 Å². The van der Waals surface area contributed by atoms with Crippen LogP contribution in [0.15, 0.2) is 76.7 Å². The number of aromatic nitrogens is 4. The smallest absolute Gasteiger partial charge is 0.368 e. The largest absolute Gasteiger partial charge is 0.489 e. The molecule has 0 unspecified atom stereocenters. The van der Waals surface area contributed by atoms with Gasteiger partial charge in [-0.2, -0.15) is 9.36 Å². The summed E-state index contributed by atoms with van der Waals surface area (Å²) in [6.07, 6.45) is 0. The minimum Gasteiger partial charge on any atom is -0.489 e. The zero-order valence-corrected chi connectivity index (χ0v) is 19.7. The molecule has 0 spiro atoms. The van der Waals surface area contributed by atoms with Gasteiger partial charge in [-0.3, -0.25) is 0 Å². The van der Waals surface area contributed by atoms with Crippen LogP contribution in [-0.4, -0.2) is 25.5 Å². The summed E-state index contributed by atoms with van der Waals surface area (Å²) in [5, 5.41) is 12.0. The molecule has 34 heavy (non-hydrogen) atoms. The van der Waals surface area contributed by atoms with E-state index >= 15 is 0 Å². The minimum absolute atomic E-state index is 0.290. The van der Waals surface area contributed by atoms with Crippen molar-refractivity contribution in [3.05, 3.63) is 105 Å². The van der Waals surface area contributed by atoms with Crippen molar-refractivity contribution >= 4 is 5.71 Å². The Hall–Kier alpha value is -4.20. The van der Waals surface area contributed by atoms with Crippen LogP contribution >= 0.6 is 0 Å². The normalized spacial score (nSPS) is 11.5. The van der Waals surface area contributed by atoms with Crippen LogP contribution in [0.2, 0.25) is 0 Å². The second kappa shape index (κ2) is 10.2. The molecule has 0 aliphatic heterocycles. The molecular weight excluding hydrogens is 430 g/mol. The molecule has 4 rings (SSSR count). The Morgan fingerprint density at radius 1 is 0.941 bits per heavy atom. The topological polar surface area (TPSA) is 83.5 Å². The number of benzene rings is 3. The molecule has 0 bridgehead atoms. The number of aryl methyl sites for hydroxylation is 3. The minimum atomic E-state index is -0.309. The molecule has 8 heteroatoms. The lowest BCUT2D eigenvalue weighted by Crippen LogP contribution is -2.23. The number of hydrogen-bond donors (Lipinski definition) is 0. The van der Waals surface area contributed by atoms with Crippen molar-refractivity contribution in [2.24, 2.45) is 12.2 Å². The van der Waals surface area contributed by atoms with Crippen molar-refractivity contribution < 1.29 is 9.57 Å². The Kier molecular flexibility index (Phi) is 6.87. The van der Waals surface area contributed by atoms with Crippen molar-refractivity contribution in [2.75, 3.05) is 0 Å². The van der Waals surface area contributed by atoms with E-state index < -0.39 is 0 Å². The van der Waals surface area contributed by atoms with Gasteiger partial charge in [-0.15, -0.1) is 0 Å². The van der Waals surface area contributed by atoms with Gasteiger partial charge in [0.2, 0.25) is 0 Å². The summed E-state index contributed by atoms with van der Waals surface area (Å²) < 4.78 is 8.63. The van der Waals surface area contributed by atoms with Gasteiger partial charge in [-0.25, -0.2) is 4.79 Å². The van der Waals surface area contributed by atoms with Gasteiger partial charge in [0.05, 0.1) is 11.4 Å². The summed E-state index contributed by atoms with van der Waals surface area (Å²) in [7, 11) is 1.57.